The number of hydrogen-bond acceptors (Lipinski definition) is 2. The highest BCUT2D eigenvalue weighted by Gasteiger charge is 2.32. The van der Waals surface area contributed by atoms with Gasteiger partial charge in [-0.3, -0.25) is 10.1 Å². The number of nitro groups is 1. The van der Waals surface area contributed by atoms with Crippen LogP contribution in [0.5, 0.6) is 0 Å². The van der Waals surface area contributed by atoms with E-state index < -0.39 is 22.4 Å². The summed E-state index contributed by atoms with van der Waals surface area (Å²) in [7, 11) is 0. The van der Waals surface area contributed by atoms with Gasteiger partial charge in [-0.2, -0.15) is 13.2 Å². The van der Waals surface area contributed by atoms with Crippen LogP contribution in [0.25, 0.3) is 0 Å². The second-order valence-corrected chi connectivity index (χ2v) is 3.52. The monoisotopic (exact) mass is 232 g/mol. The number of alkyl halides is 3. The Balaban J connectivity index is 3.36. The molecule has 0 aliphatic heterocycles. The molecule has 0 N–H and O–H groups in total. The van der Waals surface area contributed by atoms with Crippen LogP contribution in [0.4, 0.5) is 18.9 Å². The molecule has 0 aliphatic rings. The molecule has 0 atom stereocenters. The summed E-state index contributed by atoms with van der Waals surface area (Å²) in [6, 6.07) is 2.57. The van der Waals surface area contributed by atoms with Crippen molar-refractivity contribution in [3.8, 4) is 0 Å². The second-order valence-electron chi connectivity index (χ2n) is 3.52. The summed E-state index contributed by atoms with van der Waals surface area (Å²) in [5.74, 6) is 0.592. The number of benzene rings is 1. The van der Waals surface area contributed by atoms with Gasteiger partial charge >= 0.3 is 6.18 Å². The second kappa shape index (κ2) is 4.11. The minimum Gasteiger partial charge on any atom is -0.258 e. The molecular formula is C10H9F3NO2. The Kier molecular flexibility index (Phi) is 3.21. The zero-order chi connectivity index (χ0) is 12.5. The summed E-state index contributed by atoms with van der Waals surface area (Å²) < 4.78 is 37.3. The van der Waals surface area contributed by atoms with Gasteiger partial charge in [0.1, 0.15) is 0 Å². The molecule has 6 heteroatoms. The predicted octanol–water partition coefficient (Wildman–Crippen LogP) is 3.58. The van der Waals surface area contributed by atoms with Gasteiger partial charge in [0.05, 0.1) is 10.5 Å². The lowest BCUT2D eigenvalue weighted by atomic mass is 10.00. The molecule has 16 heavy (non-hydrogen) atoms. The highest BCUT2D eigenvalue weighted by molar-refractivity contribution is 5.45. The minimum absolute atomic E-state index is 0.224. The lowest BCUT2D eigenvalue weighted by molar-refractivity contribution is -0.385. The van der Waals surface area contributed by atoms with Crippen molar-refractivity contribution in [3.63, 3.8) is 0 Å². The van der Waals surface area contributed by atoms with Crippen molar-refractivity contribution in [1.29, 1.82) is 0 Å². The fourth-order valence-corrected chi connectivity index (χ4v) is 1.17. The predicted molar refractivity (Wildman–Crippen MR) is 51.8 cm³/mol. The van der Waals surface area contributed by atoms with Crippen molar-refractivity contribution < 1.29 is 18.1 Å². The minimum atomic E-state index is -4.57. The van der Waals surface area contributed by atoms with Crippen molar-refractivity contribution >= 4 is 5.69 Å². The van der Waals surface area contributed by atoms with Crippen molar-refractivity contribution in [3.05, 3.63) is 45.4 Å². The molecule has 0 spiro atoms. The maximum atomic E-state index is 12.4. The third-order valence-corrected chi connectivity index (χ3v) is 2.03. The third kappa shape index (κ3) is 2.71. The Morgan fingerprint density at radius 3 is 2.19 bits per heavy atom. The summed E-state index contributed by atoms with van der Waals surface area (Å²) in [4.78, 5) is 9.65. The van der Waals surface area contributed by atoms with Crippen LogP contribution in [-0.4, -0.2) is 4.92 Å². The van der Waals surface area contributed by atoms with E-state index in [1.165, 1.54) is 0 Å². The van der Waals surface area contributed by atoms with Gasteiger partial charge < -0.3 is 0 Å². The van der Waals surface area contributed by atoms with Gasteiger partial charge in [0, 0.05) is 12.1 Å². The van der Waals surface area contributed by atoms with Gasteiger partial charge in [0.15, 0.2) is 0 Å². The first kappa shape index (κ1) is 12.5. The lowest BCUT2D eigenvalue weighted by Gasteiger charge is -2.10. The first-order chi connectivity index (χ1) is 7.21. The van der Waals surface area contributed by atoms with Crippen molar-refractivity contribution in [2.45, 2.75) is 20.0 Å². The van der Waals surface area contributed by atoms with E-state index in [0.717, 1.165) is 12.1 Å². The van der Waals surface area contributed by atoms with Gasteiger partial charge in [0.2, 0.25) is 0 Å². The first-order valence-electron chi connectivity index (χ1n) is 4.39. The number of nitrogens with zero attached hydrogens (tertiary/aromatic N) is 1. The molecular weight excluding hydrogens is 223 g/mol. The maximum absolute atomic E-state index is 12.4. The number of halogens is 3. The van der Waals surface area contributed by atoms with E-state index in [4.69, 9.17) is 0 Å². The maximum Gasteiger partial charge on any atom is 0.416 e. The molecule has 0 aliphatic carbocycles. The first-order valence-corrected chi connectivity index (χ1v) is 4.39. The van der Waals surface area contributed by atoms with Crippen LogP contribution in [-0.2, 0) is 6.18 Å². The van der Waals surface area contributed by atoms with Gasteiger partial charge in [-0.1, -0.05) is 13.8 Å². The molecule has 3 nitrogen and oxygen atoms in total. The zero-order valence-corrected chi connectivity index (χ0v) is 8.63. The molecule has 1 aromatic carbocycles. The van der Waals surface area contributed by atoms with Crippen LogP contribution in [0, 0.1) is 16.0 Å². The van der Waals surface area contributed by atoms with Gasteiger partial charge in [-0.05, 0) is 17.5 Å². The summed E-state index contributed by atoms with van der Waals surface area (Å²) in [6.45, 7) is 3.19. The standard InChI is InChI=1S/C10H9F3NO2/c1-6(2)7-3-8(10(11,12)13)5-9(4-7)14(15)16/h3-5H,1-2H3. The van der Waals surface area contributed by atoms with E-state index in [9.17, 15) is 23.3 Å². The Morgan fingerprint density at radius 1 is 1.25 bits per heavy atom. The summed E-state index contributed by atoms with van der Waals surface area (Å²) in [5, 5.41) is 10.5. The largest absolute Gasteiger partial charge is 0.416 e. The molecule has 0 fully saturated rings. The normalized spacial score (nSPS) is 11.9. The Morgan fingerprint density at radius 2 is 1.81 bits per heavy atom. The molecule has 1 aromatic rings. The molecule has 1 radical (unpaired) electrons. The molecule has 0 amide bonds. The zero-order valence-electron chi connectivity index (χ0n) is 8.63. The van der Waals surface area contributed by atoms with Gasteiger partial charge in [0.25, 0.3) is 5.69 Å². The summed E-state index contributed by atoms with van der Waals surface area (Å²) >= 11 is 0. The fourth-order valence-electron chi connectivity index (χ4n) is 1.17. The van der Waals surface area contributed by atoms with E-state index in [2.05, 4.69) is 0 Å². The van der Waals surface area contributed by atoms with Crippen LogP contribution in [0.15, 0.2) is 18.2 Å². The molecule has 0 heterocycles. The van der Waals surface area contributed by atoms with E-state index in [0.29, 0.717) is 12.0 Å². The average Bonchev–Trinajstić information content (AvgIpc) is 2.15. The van der Waals surface area contributed by atoms with Crippen LogP contribution >= 0.6 is 0 Å². The molecule has 1 rings (SSSR count). The fraction of sp³-hybridized carbons (Fsp3) is 0.300. The van der Waals surface area contributed by atoms with E-state index in [1.54, 1.807) is 13.8 Å². The van der Waals surface area contributed by atoms with Crippen LogP contribution in [0.1, 0.15) is 25.0 Å². The SMILES string of the molecule is C[C](C)c1cc([N+](=O)[O-])cc(C(F)(F)F)c1. The van der Waals surface area contributed by atoms with Crippen molar-refractivity contribution in [2.24, 2.45) is 0 Å². The molecule has 0 bridgehead atoms. The number of non-ortho nitro benzene ring substituents is 1. The quantitative estimate of drug-likeness (QED) is 0.577. The lowest BCUT2D eigenvalue weighted by Crippen LogP contribution is -2.07. The Labute approximate surface area is 90.0 Å². The van der Waals surface area contributed by atoms with Crippen molar-refractivity contribution in [2.75, 3.05) is 0 Å². The van der Waals surface area contributed by atoms with Crippen molar-refractivity contribution in [1.82, 2.24) is 0 Å². The van der Waals surface area contributed by atoms with E-state index >= 15 is 0 Å². The van der Waals surface area contributed by atoms with Gasteiger partial charge in [-0.15, -0.1) is 0 Å². The number of hydrogen-bond donors (Lipinski definition) is 0. The molecule has 0 saturated heterocycles. The summed E-state index contributed by atoms with van der Waals surface area (Å²) in [6.07, 6.45) is -4.57. The van der Waals surface area contributed by atoms with Gasteiger partial charge in [-0.25, -0.2) is 0 Å². The van der Waals surface area contributed by atoms with E-state index in [-0.39, 0.29) is 5.56 Å². The molecule has 87 valence electrons. The van der Waals surface area contributed by atoms with E-state index in [1.807, 2.05) is 0 Å². The number of rotatable bonds is 2. The molecule has 0 saturated carbocycles. The van der Waals surface area contributed by atoms with Crippen LogP contribution in [0.3, 0.4) is 0 Å². The average molecular weight is 232 g/mol. The highest BCUT2D eigenvalue weighted by atomic mass is 19.4. The number of nitro benzene ring substituents is 1. The van der Waals surface area contributed by atoms with Crippen LogP contribution in [0.2, 0.25) is 0 Å². The molecule has 0 unspecified atom stereocenters. The highest BCUT2D eigenvalue weighted by Crippen LogP contribution is 2.34. The topological polar surface area (TPSA) is 43.1 Å². The molecule has 0 aromatic heterocycles. The van der Waals surface area contributed by atoms with Crippen LogP contribution < -0.4 is 0 Å². The third-order valence-electron chi connectivity index (χ3n) is 2.03. The smallest absolute Gasteiger partial charge is 0.258 e. The summed E-state index contributed by atoms with van der Waals surface area (Å²) in [5.41, 5.74) is -1.33. The Bertz CT molecular complexity index is 413. The Hall–Kier alpha value is -1.59.